The zero-order chi connectivity index (χ0) is 15.0. The smallest absolute Gasteiger partial charge is 0.170 e. The molecule has 106 valence electrons. The molecule has 0 bridgehead atoms. The Morgan fingerprint density at radius 3 is 1.62 bits per heavy atom. The highest BCUT2D eigenvalue weighted by Crippen LogP contribution is 2.30. The van der Waals surface area contributed by atoms with E-state index in [0.717, 1.165) is 10.8 Å². The van der Waals surface area contributed by atoms with Gasteiger partial charge in [0.15, 0.2) is 11.7 Å². The number of fused-ring (bicyclic) bond motifs is 3. The van der Waals surface area contributed by atoms with E-state index < -0.39 is 0 Å². The molecule has 0 radical (unpaired) electrons. The van der Waals surface area contributed by atoms with E-state index in [1.54, 1.807) is 24.3 Å². The maximum atomic E-state index is 8.71. The molecule has 2 aromatic carbocycles. The normalized spacial score (nSPS) is 13.1. The van der Waals surface area contributed by atoms with Crippen LogP contribution in [0.15, 0.2) is 51.1 Å². The van der Waals surface area contributed by atoms with Gasteiger partial charge in [-0.1, -0.05) is 22.4 Å². The van der Waals surface area contributed by atoms with Crippen LogP contribution in [0.5, 0.6) is 0 Å². The second-order valence-electron chi connectivity index (χ2n) is 4.49. The summed E-state index contributed by atoms with van der Waals surface area (Å²) in [5.74, 6) is 0.0180. The van der Waals surface area contributed by atoms with Crippen molar-refractivity contribution in [2.75, 3.05) is 0 Å². The third kappa shape index (κ3) is 2.00. The number of benzene rings is 2. The van der Waals surface area contributed by atoms with Crippen molar-refractivity contribution in [2.24, 2.45) is 21.8 Å². The summed E-state index contributed by atoms with van der Waals surface area (Å²) in [6, 6.07) is 10.5. The third-order valence-corrected chi connectivity index (χ3v) is 3.28. The van der Waals surface area contributed by atoms with Crippen molar-refractivity contribution >= 4 is 33.6 Å². The molecule has 0 saturated carbocycles. The summed E-state index contributed by atoms with van der Waals surface area (Å²) in [6.07, 6.45) is 0. The van der Waals surface area contributed by atoms with Gasteiger partial charge in [-0.3, -0.25) is 0 Å². The van der Waals surface area contributed by atoms with Crippen molar-refractivity contribution in [2.45, 2.75) is 0 Å². The Morgan fingerprint density at radius 2 is 1.24 bits per heavy atom. The van der Waals surface area contributed by atoms with Crippen LogP contribution in [0.3, 0.4) is 0 Å². The molecule has 7 heteroatoms. The maximum Gasteiger partial charge on any atom is 0.170 e. The first-order chi connectivity index (χ1) is 10.1. The molecule has 0 atom stereocenters. The summed E-state index contributed by atoms with van der Waals surface area (Å²) in [4.78, 5) is 0. The minimum atomic E-state index is 0.00898. The van der Waals surface area contributed by atoms with Gasteiger partial charge in [-0.15, -0.1) is 0 Å². The van der Waals surface area contributed by atoms with E-state index in [9.17, 15) is 0 Å². The summed E-state index contributed by atoms with van der Waals surface area (Å²) in [6.45, 7) is 0. The van der Waals surface area contributed by atoms with Crippen LogP contribution in [-0.4, -0.2) is 22.1 Å². The van der Waals surface area contributed by atoms with Gasteiger partial charge in [0.25, 0.3) is 0 Å². The molecule has 0 spiro atoms. The first-order valence-electron chi connectivity index (χ1n) is 6.06. The van der Waals surface area contributed by atoms with Gasteiger partial charge < -0.3 is 26.3 Å². The van der Waals surface area contributed by atoms with Crippen LogP contribution in [0.25, 0.3) is 21.9 Å². The van der Waals surface area contributed by atoms with Crippen LogP contribution in [0.1, 0.15) is 11.1 Å². The second kappa shape index (κ2) is 4.71. The van der Waals surface area contributed by atoms with Gasteiger partial charge in [-0.05, 0) is 24.3 Å². The van der Waals surface area contributed by atoms with Crippen molar-refractivity contribution in [3.63, 3.8) is 0 Å². The lowest BCUT2D eigenvalue weighted by Gasteiger charge is -1.98. The van der Waals surface area contributed by atoms with Crippen LogP contribution >= 0.6 is 0 Å². The van der Waals surface area contributed by atoms with Crippen LogP contribution in [0.2, 0.25) is 0 Å². The minimum Gasteiger partial charge on any atom is -0.456 e. The minimum absolute atomic E-state index is 0.00898. The number of nitrogens with zero attached hydrogens (tertiary/aromatic N) is 2. The lowest BCUT2D eigenvalue weighted by Crippen LogP contribution is -2.12. The summed E-state index contributed by atoms with van der Waals surface area (Å²) in [5.41, 5.74) is 13.4. The number of furan rings is 1. The number of hydrogen-bond donors (Lipinski definition) is 4. The second-order valence-corrected chi connectivity index (χ2v) is 4.49. The molecule has 0 fully saturated rings. The van der Waals surface area contributed by atoms with Crippen LogP contribution in [-0.2, 0) is 0 Å². The average Bonchev–Trinajstić information content (AvgIpc) is 2.89. The average molecular weight is 284 g/mol. The van der Waals surface area contributed by atoms with Gasteiger partial charge >= 0.3 is 0 Å². The Kier molecular flexibility index (Phi) is 2.87. The Labute approximate surface area is 118 Å². The molecule has 1 aromatic heterocycles. The SMILES string of the molecule is NC(=NO)c1ccc2c(c1)oc1cc(C(N)=NO)ccc12. The topological polar surface area (TPSA) is 130 Å². The number of oxime groups is 2. The molecule has 3 rings (SSSR count). The van der Waals surface area contributed by atoms with E-state index >= 15 is 0 Å². The van der Waals surface area contributed by atoms with Gasteiger partial charge in [-0.2, -0.15) is 0 Å². The predicted molar refractivity (Wildman–Crippen MR) is 78.7 cm³/mol. The highest BCUT2D eigenvalue weighted by molar-refractivity contribution is 6.10. The first-order valence-corrected chi connectivity index (χ1v) is 6.06. The van der Waals surface area contributed by atoms with Gasteiger partial charge in [0.05, 0.1) is 0 Å². The molecular weight excluding hydrogens is 272 g/mol. The molecule has 0 aliphatic heterocycles. The standard InChI is InChI=1S/C14H12N4O3/c15-13(17-19)7-1-3-9-10-4-2-8(14(16)18-20)6-12(10)21-11(9)5-7/h1-6,19-20H,(H2,15,17)(H2,16,18). The van der Waals surface area contributed by atoms with Gasteiger partial charge in [0.2, 0.25) is 0 Å². The van der Waals surface area contributed by atoms with E-state index in [2.05, 4.69) is 10.3 Å². The fourth-order valence-corrected chi connectivity index (χ4v) is 2.21. The Morgan fingerprint density at radius 1 is 0.810 bits per heavy atom. The predicted octanol–water partition coefficient (Wildman–Crippen LogP) is 1.77. The monoisotopic (exact) mass is 284 g/mol. The number of amidine groups is 2. The van der Waals surface area contributed by atoms with Crippen molar-refractivity contribution in [3.8, 4) is 0 Å². The van der Waals surface area contributed by atoms with Crippen molar-refractivity contribution < 1.29 is 14.8 Å². The van der Waals surface area contributed by atoms with Crippen LogP contribution < -0.4 is 11.5 Å². The number of nitrogens with two attached hydrogens (primary N) is 2. The lowest BCUT2D eigenvalue weighted by atomic mass is 10.1. The molecule has 0 aliphatic carbocycles. The van der Waals surface area contributed by atoms with Gasteiger partial charge in [0, 0.05) is 21.9 Å². The molecule has 1 heterocycles. The number of rotatable bonds is 2. The largest absolute Gasteiger partial charge is 0.456 e. The summed E-state index contributed by atoms with van der Waals surface area (Å²) in [7, 11) is 0. The molecule has 7 nitrogen and oxygen atoms in total. The molecule has 3 aromatic rings. The molecule has 0 saturated heterocycles. The van der Waals surface area contributed by atoms with Crippen LogP contribution in [0, 0.1) is 0 Å². The fraction of sp³-hybridized carbons (Fsp3) is 0. The van der Waals surface area contributed by atoms with Gasteiger partial charge in [-0.25, -0.2) is 0 Å². The lowest BCUT2D eigenvalue weighted by molar-refractivity contribution is 0.318. The van der Waals surface area contributed by atoms with E-state index in [4.69, 9.17) is 26.3 Å². The molecular formula is C14H12N4O3. The van der Waals surface area contributed by atoms with E-state index in [1.807, 2.05) is 12.1 Å². The molecule has 21 heavy (non-hydrogen) atoms. The van der Waals surface area contributed by atoms with Crippen molar-refractivity contribution in [3.05, 3.63) is 47.5 Å². The fourth-order valence-electron chi connectivity index (χ4n) is 2.21. The van der Waals surface area contributed by atoms with Crippen molar-refractivity contribution in [1.29, 1.82) is 0 Å². The molecule has 0 aliphatic rings. The van der Waals surface area contributed by atoms with Crippen molar-refractivity contribution in [1.82, 2.24) is 0 Å². The number of hydrogen-bond acceptors (Lipinski definition) is 5. The molecule has 0 unspecified atom stereocenters. The highest BCUT2D eigenvalue weighted by atomic mass is 16.4. The third-order valence-electron chi connectivity index (χ3n) is 3.28. The first kappa shape index (κ1) is 12.8. The Balaban J connectivity index is 2.24. The zero-order valence-electron chi connectivity index (χ0n) is 10.8. The summed E-state index contributed by atoms with van der Waals surface area (Å²) in [5, 5.41) is 25.1. The van der Waals surface area contributed by atoms with E-state index in [-0.39, 0.29) is 11.7 Å². The molecule has 0 amide bonds. The van der Waals surface area contributed by atoms with E-state index in [1.165, 1.54) is 0 Å². The highest BCUT2D eigenvalue weighted by Gasteiger charge is 2.11. The maximum absolute atomic E-state index is 8.71. The quantitative estimate of drug-likeness (QED) is 0.246. The van der Waals surface area contributed by atoms with E-state index in [0.29, 0.717) is 22.3 Å². The zero-order valence-corrected chi connectivity index (χ0v) is 10.8. The Bertz CT molecular complexity index is 824. The molecule has 6 N–H and O–H groups in total. The van der Waals surface area contributed by atoms with Gasteiger partial charge in [0.1, 0.15) is 11.2 Å². The Hall–Kier alpha value is -3.22. The summed E-state index contributed by atoms with van der Waals surface area (Å²) >= 11 is 0. The summed E-state index contributed by atoms with van der Waals surface area (Å²) < 4.78 is 5.74. The van der Waals surface area contributed by atoms with Crippen LogP contribution in [0.4, 0.5) is 0 Å².